The van der Waals surface area contributed by atoms with Crippen molar-refractivity contribution in [2.45, 2.75) is 27.3 Å². The highest BCUT2D eigenvalue weighted by atomic mass is 32.1. The third kappa shape index (κ3) is 2.59. The number of nitriles is 1. The van der Waals surface area contributed by atoms with E-state index in [9.17, 15) is 5.26 Å². The Hall–Kier alpha value is -1.93. The Balaban J connectivity index is 2.35. The fourth-order valence-corrected chi connectivity index (χ4v) is 2.81. The molecule has 4 nitrogen and oxygen atoms in total. The number of aromatic nitrogens is 2. The molecule has 0 aromatic carbocycles. The van der Waals surface area contributed by atoms with Crippen LogP contribution in [0.4, 0.5) is 5.82 Å². The maximum atomic E-state index is 9.31. The monoisotopic (exact) mass is 272 g/mol. The first-order valence-corrected chi connectivity index (χ1v) is 6.90. The van der Waals surface area contributed by atoms with Gasteiger partial charge in [-0.05, 0) is 43.3 Å². The Kier molecular flexibility index (Phi) is 3.82. The second kappa shape index (κ2) is 5.37. The molecule has 5 heteroatoms. The van der Waals surface area contributed by atoms with Crippen LogP contribution in [0.15, 0.2) is 11.4 Å². The number of anilines is 1. The van der Waals surface area contributed by atoms with Gasteiger partial charge in [0.25, 0.3) is 0 Å². The highest BCUT2D eigenvalue weighted by molar-refractivity contribution is 7.10. The van der Waals surface area contributed by atoms with Crippen LogP contribution in [0.25, 0.3) is 0 Å². The summed E-state index contributed by atoms with van der Waals surface area (Å²) in [5.41, 5.74) is 3.60. The lowest BCUT2D eigenvalue weighted by Crippen LogP contribution is -2.20. The minimum Gasteiger partial charge on any atom is -0.352 e. The first-order chi connectivity index (χ1) is 9.04. The van der Waals surface area contributed by atoms with Gasteiger partial charge < -0.3 is 4.90 Å². The molecule has 0 fully saturated rings. The van der Waals surface area contributed by atoms with Crippen molar-refractivity contribution in [3.05, 3.63) is 38.7 Å². The fourth-order valence-electron chi connectivity index (χ4n) is 1.85. The zero-order chi connectivity index (χ0) is 14.0. The van der Waals surface area contributed by atoms with Crippen LogP contribution in [0.1, 0.15) is 27.3 Å². The smallest absolute Gasteiger partial charge is 0.169 e. The minimum atomic E-state index is 0.615. The van der Waals surface area contributed by atoms with Gasteiger partial charge in [0.15, 0.2) is 5.82 Å². The Morgan fingerprint density at radius 3 is 2.63 bits per heavy atom. The molecule has 0 spiro atoms. The van der Waals surface area contributed by atoms with Gasteiger partial charge in [0, 0.05) is 11.9 Å². The third-order valence-electron chi connectivity index (χ3n) is 3.26. The number of hydrogen-bond donors (Lipinski definition) is 0. The van der Waals surface area contributed by atoms with E-state index in [-0.39, 0.29) is 0 Å². The van der Waals surface area contributed by atoms with E-state index in [0.29, 0.717) is 11.4 Å². The van der Waals surface area contributed by atoms with Crippen LogP contribution in [0.3, 0.4) is 0 Å². The van der Waals surface area contributed by atoms with E-state index in [1.807, 2.05) is 25.8 Å². The third-order valence-corrected chi connectivity index (χ3v) is 4.27. The second-order valence-electron chi connectivity index (χ2n) is 4.60. The maximum Gasteiger partial charge on any atom is 0.169 e. The summed E-state index contributed by atoms with van der Waals surface area (Å²) in [6.45, 7) is 6.62. The zero-order valence-electron chi connectivity index (χ0n) is 11.6. The molecule has 2 heterocycles. The van der Waals surface area contributed by atoms with E-state index >= 15 is 0 Å². The van der Waals surface area contributed by atoms with E-state index in [0.717, 1.165) is 17.8 Å². The first kappa shape index (κ1) is 13.5. The van der Waals surface area contributed by atoms with E-state index in [2.05, 4.69) is 34.6 Å². The molecule has 0 amide bonds. The van der Waals surface area contributed by atoms with Crippen LogP contribution in [0, 0.1) is 32.1 Å². The lowest BCUT2D eigenvalue weighted by atomic mass is 10.1. The van der Waals surface area contributed by atoms with Crippen LogP contribution in [0.5, 0.6) is 0 Å². The molecular weight excluding hydrogens is 256 g/mol. The van der Waals surface area contributed by atoms with Gasteiger partial charge in [-0.25, -0.2) is 0 Å². The van der Waals surface area contributed by atoms with Crippen molar-refractivity contribution < 1.29 is 0 Å². The van der Waals surface area contributed by atoms with Gasteiger partial charge in [-0.15, -0.1) is 16.4 Å². The molecule has 0 aliphatic heterocycles. The van der Waals surface area contributed by atoms with Gasteiger partial charge >= 0.3 is 0 Å². The number of nitrogens with zero attached hydrogens (tertiary/aromatic N) is 4. The normalized spacial score (nSPS) is 10.3. The standard InChI is InChI=1S/C14H16N4S/c1-9-5-6-19-13(9)8-18(4)14-12(7-15)10(2)11(3)16-17-14/h5-6H,8H2,1-4H3. The predicted molar refractivity (Wildman–Crippen MR) is 77.4 cm³/mol. The van der Waals surface area contributed by atoms with Crippen molar-refractivity contribution >= 4 is 17.2 Å². The number of hydrogen-bond acceptors (Lipinski definition) is 5. The minimum absolute atomic E-state index is 0.615. The maximum absolute atomic E-state index is 9.31. The topological polar surface area (TPSA) is 52.8 Å². The number of thiophene rings is 1. The molecule has 0 N–H and O–H groups in total. The summed E-state index contributed by atoms with van der Waals surface area (Å²) in [6.07, 6.45) is 0. The average molecular weight is 272 g/mol. The Labute approximate surface area is 117 Å². The van der Waals surface area contributed by atoms with Gasteiger partial charge in [0.2, 0.25) is 0 Å². The van der Waals surface area contributed by atoms with Crippen LogP contribution in [-0.4, -0.2) is 17.2 Å². The van der Waals surface area contributed by atoms with E-state index in [1.165, 1.54) is 10.4 Å². The molecule has 0 aliphatic rings. The van der Waals surface area contributed by atoms with E-state index < -0.39 is 0 Å². The summed E-state index contributed by atoms with van der Waals surface area (Å²) in [5.74, 6) is 0.651. The van der Waals surface area contributed by atoms with Crippen LogP contribution >= 0.6 is 11.3 Å². The van der Waals surface area contributed by atoms with Crippen LogP contribution in [-0.2, 0) is 6.54 Å². The summed E-state index contributed by atoms with van der Waals surface area (Å²) >= 11 is 1.72. The summed E-state index contributed by atoms with van der Waals surface area (Å²) in [7, 11) is 1.94. The van der Waals surface area contributed by atoms with Gasteiger partial charge in [0.05, 0.1) is 12.2 Å². The van der Waals surface area contributed by atoms with Crippen molar-refractivity contribution in [3.8, 4) is 6.07 Å². The van der Waals surface area contributed by atoms with Gasteiger partial charge in [-0.1, -0.05) is 0 Å². The molecule has 0 unspecified atom stereocenters. The molecule has 19 heavy (non-hydrogen) atoms. The summed E-state index contributed by atoms with van der Waals surface area (Å²) in [6, 6.07) is 4.34. The highest BCUT2D eigenvalue weighted by Gasteiger charge is 2.15. The fraction of sp³-hybridized carbons (Fsp3) is 0.357. The molecule has 0 saturated carbocycles. The SMILES string of the molecule is Cc1ccsc1CN(C)c1nnc(C)c(C)c1C#N. The van der Waals surface area contributed by atoms with Crippen molar-refractivity contribution in [1.29, 1.82) is 5.26 Å². The molecule has 98 valence electrons. The lowest BCUT2D eigenvalue weighted by molar-refractivity contribution is 0.851. The highest BCUT2D eigenvalue weighted by Crippen LogP contribution is 2.24. The zero-order valence-corrected chi connectivity index (χ0v) is 12.4. The number of rotatable bonds is 3. The second-order valence-corrected chi connectivity index (χ2v) is 5.60. The Morgan fingerprint density at radius 2 is 2.05 bits per heavy atom. The number of aryl methyl sites for hydroxylation is 2. The summed E-state index contributed by atoms with van der Waals surface area (Å²) < 4.78 is 0. The molecule has 0 atom stereocenters. The van der Waals surface area contributed by atoms with Gasteiger partial charge in [-0.3, -0.25) is 0 Å². The van der Waals surface area contributed by atoms with E-state index in [4.69, 9.17) is 0 Å². The molecule has 0 radical (unpaired) electrons. The van der Waals surface area contributed by atoms with Crippen molar-refractivity contribution in [1.82, 2.24) is 10.2 Å². The van der Waals surface area contributed by atoms with Crippen LogP contribution < -0.4 is 4.90 Å². The van der Waals surface area contributed by atoms with Gasteiger partial charge in [-0.2, -0.15) is 10.4 Å². The quantitative estimate of drug-likeness (QED) is 0.862. The Morgan fingerprint density at radius 1 is 1.32 bits per heavy atom. The first-order valence-electron chi connectivity index (χ1n) is 6.02. The summed E-state index contributed by atoms with van der Waals surface area (Å²) in [5, 5.41) is 19.7. The molecule has 0 saturated heterocycles. The van der Waals surface area contributed by atoms with Crippen molar-refractivity contribution in [2.24, 2.45) is 0 Å². The van der Waals surface area contributed by atoms with E-state index in [1.54, 1.807) is 11.3 Å². The van der Waals surface area contributed by atoms with Crippen LogP contribution in [0.2, 0.25) is 0 Å². The average Bonchev–Trinajstić information content (AvgIpc) is 2.78. The predicted octanol–water partition coefficient (Wildman–Crippen LogP) is 2.97. The largest absolute Gasteiger partial charge is 0.352 e. The van der Waals surface area contributed by atoms with Crippen molar-refractivity contribution in [3.63, 3.8) is 0 Å². The summed E-state index contributed by atoms with van der Waals surface area (Å²) in [4.78, 5) is 3.27. The molecular formula is C14H16N4S. The molecule has 0 bridgehead atoms. The molecule has 0 aliphatic carbocycles. The molecule has 2 rings (SSSR count). The molecule has 2 aromatic rings. The Bertz CT molecular complexity index is 639. The van der Waals surface area contributed by atoms with Crippen molar-refractivity contribution in [2.75, 3.05) is 11.9 Å². The lowest BCUT2D eigenvalue weighted by Gasteiger charge is -2.19. The van der Waals surface area contributed by atoms with Gasteiger partial charge in [0.1, 0.15) is 11.6 Å². The molecule has 2 aromatic heterocycles.